The molecule has 0 nitrogen and oxygen atoms in total. The minimum atomic E-state index is -3.52. The summed E-state index contributed by atoms with van der Waals surface area (Å²) in [5.41, 5.74) is 0. The van der Waals surface area contributed by atoms with Gasteiger partial charge in [0.1, 0.15) is 0 Å². The Labute approximate surface area is 178 Å². The monoisotopic (exact) mass is 486 g/mol. The van der Waals surface area contributed by atoms with Crippen LogP contribution in [0.5, 0.6) is 0 Å². The van der Waals surface area contributed by atoms with Crippen LogP contribution in [-0.2, 0) is 6.51 Å². The molecule has 0 aliphatic carbocycles. The van der Waals surface area contributed by atoms with E-state index < -0.39 is 6.51 Å². The van der Waals surface area contributed by atoms with Crippen LogP contribution in [-0.4, -0.2) is 19.4 Å². The van der Waals surface area contributed by atoms with Crippen LogP contribution in [0.4, 0.5) is 0 Å². The standard InChI is InChI=1S/C23H27P2.C5H5.Fe/c1-5-24(23(2,3)4)21-17-12-18-22(21)25(19-13-8-6-9-14-19)20-15-10-7-11-16-20;1-2-4-5-3-1;/h6-18H,5H2,1-4H3;1-5H;/t24-;;/m0../s1. The van der Waals surface area contributed by atoms with Crippen molar-refractivity contribution in [2.24, 2.45) is 0 Å². The predicted molar refractivity (Wildman–Crippen MR) is 132 cm³/mol. The average molecular weight is 486 g/mol. The zero-order valence-corrected chi connectivity index (χ0v) is 21.7. The van der Waals surface area contributed by atoms with Crippen molar-refractivity contribution in [1.82, 2.24) is 0 Å². The molecule has 10 fully saturated rings. The predicted octanol–water partition coefficient (Wildman–Crippen LogP) is 7.62. The number of hydrogen-bond donors (Lipinski definition) is 0. The maximum absolute atomic E-state index is 3.52. The van der Waals surface area contributed by atoms with Gasteiger partial charge in [-0.2, -0.15) is 0 Å². The maximum atomic E-state index is 2.66. The van der Waals surface area contributed by atoms with Gasteiger partial charge in [-0.25, -0.2) is 0 Å². The van der Waals surface area contributed by atoms with Crippen molar-refractivity contribution in [3.8, 4) is 0 Å². The Hall–Kier alpha value is -0.181. The van der Waals surface area contributed by atoms with Gasteiger partial charge in [0, 0.05) is 0 Å². The zero-order valence-electron chi connectivity index (χ0n) is 18.8. The molecule has 3 heteroatoms. The molecule has 2 aromatic carbocycles. The molecule has 162 valence electrons. The van der Waals surface area contributed by atoms with Gasteiger partial charge in [-0.3, -0.25) is 0 Å². The Morgan fingerprint density at radius 1 is 0.710 bits per heavy atom. The van der Waals surface area contributed by atoms with Crippen LogP contribution in [0.3, 0.4) is 0 Å². The molecule has 10 heterocycles. The SMILES string of the molecule is CC[P@](C(C)(C)C)[C@@]12[CH]3[CH]4[CH]5[C]1(P(c1ccccc1)c1ccccc1)[Fe]45321678[CH]2[CH]1[CH]6[CH]7[CH]28. The molecule has 10 saturated heterocycles. The fourth-order valence-corrected chi connectivity index (χ4v) is 128. The molecule has 10 aliphatic heterocycles. The van der Waals surface area contributed by atoms with E-state index in [-0.39, 0.29) is 15.8 Å². The summed E-state index contributed by atoms with van der Waals surface area (Å²) >= 11 is 0. The molecule has 0 N–H and O–H groups in total. The van der Waals surface area contributed by atoms with Crippen LogP contribution in [0.25, 0.3) is 0 Å². The minimum absolute atomic E-state index is 0.138. The van der Waals surface area contributed by atoms with Crippen LogP contribution >= 0.6 is 15.8 Å². The molecule has 0 saturated carbocycles. The van der Waals surface area contributed by atoms with Crippen molar-refractivity contribution in [2.75, 3.05) is 6.16 Å². The third-order valence-corrected chi connectivity index (χ3v) is 76.4. The van der Waals surface area contributed by atoms with Gasteiger partial charge in [0.25, 0.3) is 0 Å². The number of rotatable bonds is 5. The van der Waals surface area contributed by atoms with E-state index in [1.165, 1.54) is 44.7 Å². The fraction of sp³-hybridized carbons (Fsp3) is 0.571. The molecule has 6 atom stereocenters. The van der Waals surface area contributed by atoms with Crippen LogP contribution in [0.2, 0.25) is 38.5 Å². The first kappa shape index (κ1) is 15.7. The fourth-order valence-electron chi connectivity index (χ4n) is 20.6. The Morgan fingerprint density at radius 2 is 1.16 bits per heavy atom. The molecule has 4 unspecified atom stereocenters. The van der Waals surface area contributed by atoms with Crippen molar-refractivity contribution >= 4 is 26.5 Å². The van der Waals surface area contributed by atoms with Crippen molar-refractivity contribution in [3.05, 3.63) is 60.7 Å². The van der Waals surface area contributed by atoms with Gasteiger partial charge < -0.3 is 0 Å². The van der Waals surface area contributed by atoms with Gasteiger partial charge in [0.15, 0.2) is 0 Å². The summed E-state index contributed by atoms with van der Waals surface area (Å²) in [5.74, 6) is 0. The first-order valence-corrected chi connectivity index (χ1v) is 21.7. The first-order valence-electron chi connectivity index (χ1n) is 12.6. The molecule has 31 heavy (non-hydrogen) atoms. The summed E-state index contributed by atoms with van der Waals surface area (Å²) in [7, 11) is -0.0485. The summed E-state index contributed by atoms with van der Waals surface area (Å²) in [6.07, 6.45) is 1.51. The zero-order chi connectivity index (χ0) is 20.5. The Balaban J connectivity index is 1.27. The van der Waals surface area contributed by atoms with Crippen molar-refractivity contribution < 1.29 is 6.51 Å². The van der Waals surface area contributed by atoms with Crippen molar-refractivity contribution in [2.45, 2.75) is 79.5 Å². The topological polar surface area (TPSA) is 0 Å². The molecule has 0 aromatic heterocycles. The second-order valence-electron chi connectivity index (χ2n) is 15.6. The molecular formula is C28H32FeP2. The van der Waals surface area contributed by atoms with E-state index in [9.17, 15) is 0 Å². The molecule has 10 aliphatic rings. The summed E-state index contributed by atoms with van der Waals surface area (Å²) in [4.78, 5) is 11.1. The Kier molecular flexibility index (Phi) is 1.04. The van der Waals surface area contributed by atoms with Crippen molar-refractivity contribution in [1.29, 1.82) is 0 Å². The van der Waals surface area contributed by atoms with Crippen LogP contribution in [0.1, 0.15) is 27.7 Å². The molecule has 2 aromatic rings. The third kappa shape index (κ3) is 0.315. The Morgan fingerprint density at radius 3 is 1.52 bits per heavy atom. The number of benzene rings is 2. The van der Waals surface area contributed by atoms with Crippen molar-refractivity contribution in [3.63, 3.8) is 0 Å². The normalized spacial score (nSPS) is 74.7. The summed E-state index contributed by atoms with van der Waals surface area (Å²) < 4.78 is 1.85. The Bertz CT molecular complexity index is 1600. The van der Waals surface area contributed by atoms with E-state index in [2.05, 4.69) is 88.4 Å². The number of fused-ring (bicyclic) bond motifs is 10. The van der Waals surface area contributed by atoms with Crippen LogP contribution in [0, 0.1) is 0 Å². The van der Waals surface area contributed by atoms with E-state index in [0.29, 0.717) is 5.16 Å². The molecule has 0 bridgehead atoms. The summed E-state index contributed by atoms with van der Waals surface area (Å²) in [5, 5.41) is 4.07. The number of hydrogen-bond acceptors (Lipinski definition) is 0. The van der Waals surface area contributed by atoms with Crippen LogP contribution in [0.15, 0.2) is 60.7 Å². The van der Waals surface area contributed by atoms with Crippen LogP contribution < -0.4 is 10.6 Å². The molecule has 0 radical (unpaired) electrons. The van der Waals surface area contributed by atoms with Gasteiger partial charge in [0.05, 0.1) is 0 Å². The second-order valence-corrected chi connectivity index (χ2v) is 45.6. The summed E-state index contributed by atoms with van der Waals surface area (Å²) in [6, 6.07) is 24.2. The van der Waals surface area contributed by atoms with E-state index in [1.807, 2.05) is 0 Å². The molecule has 0 amide bonds. The van der Waals surface area contributed by atoms with Gasteiger partial charge in [-0.05, 0) is 0 Å². The van der Waals surface area contributed by atoms with E-state index in [4.69, 9.17) is 0 Å². The van der Waals surface area contributed by atoms with E-state index in [0.717, 1.165) is 8.11 Å². The quantitative estimate of drug-likeness (QED) is 0.301. The average Bonchev–Trinajstić information content (AvgIpc) is 3.71. The third-order valence-electron chi connectivity index (χ3n) is 18.6. The molecular weight excluding hydrogens is 454 g/mol. The van der Waals surface area contributed by atoms with E-state index in [1.54, 1.807) is 10.6 Å². The molecule has 1 spiro atoms. The first-order chi connectivity index (χ1) is 14.7. The van der Waals surface area contributed by atoms with Gasteiger partial charge in [-0.1, -0.05) is 0 Å². The summed E-state index contributed by atoms with van der Waals surface area (Å²) in [6.45, 7) is 7.08. The molecule has 12 rings (SSSR count). The van der Waals surface area contributed by atoms with Gasteiger partial charge in [0.2, 0.25) is 0 Å². The van der Waals surface area contributed by atoms with E-state index >= 15 is 0 Å². The van der Waals surface area contributed by atoms with Gasteiger partial charge in [-0.15, -0.1) is 0 Å². The second kappa shape index (κ2) is 2.05. The van der Waals surface area contributed by atoms with Gasteiger partial charge >= 0.3 is 179 Å².